The molecule has 1 unspecified atom stereocenters. The lowest BCUT2D eigenvalue weighted by Gasteiger charge is -2.10. The van der Waals surface area contributed by atoms with Crippen LogP contribution in [-0.2, 0) is 0 Å². The first-order valence-corrected chi connectivity index (χ1v) is 6.10. The van der Waals surface area contributed by atoms with E-state index in [1.165, 1.54) is 11.1 Å². The SMILES string of the molecule is CC1=C(C)C(CC(=O)c2cccc(Cl)c2)C=C1. The van der Waals surface area contributed by atoms with Crippen LogP contribution in [0, 0.1) is 5.92 Å². The normalized spacial score (nSPS) is 18.9. The van der Waals surface area contributed by atoms with Crippen molar-refractivity contribution < 1.29 is 4.79 Å². The topological polar surface area (TPSA) is 17.1 Å². The Balaban J connectivity index is 2.11. The van der Waals surface area contributed by atoms with E-state index >= 15 is 0 Å². The monoisotopic (exact) mass is 246 g/mol. The van der Waals surface area contributed by atoms with Crippen LogP contribution in [0.1, 0.15) is 30.6 Å². The predicted octanol–water partition coefficient (Wildman–Crippen LogP) is 4.44. The summed E-state index contributed by atoms with van der Waals surface area (Å²) in [6, 6.07) is 7.14. The first-order valence-electron chi connectivity index (χ1n) is 5.72. The van der Waals surface area contributed by atoms with Crippen LogP contribution in [0.4, 0.5) is 0 Å². The van der Waals surface area contributed by atoms with Crippen LogP contribution in [0.25, 0.3) is 0 Å². The molecule has 1 atom stereocenters. The van der Waals surface area contributed by atoms with Crippen molar-refractivity contribution in [3.63, 3.8) is 0 Å². The Morgan fingerprint density at radius 2 is 2.12 bits per heavy atom. The van der Waals surface area contributed by atoms with E-state index in [1.807, 2.05) is 12.1 Å². The van der Waals surface area contributed by atoms with Gasteiger partial charge in [0.2, 0.25) is 0 Å². The number of hydrogen-bond acceptors (Lipinski definition) is 1. The number of allylic oxidation sites excluding steroid dienone is 4. The summed E-state index contributed by atoms with van der Waals surface area (Å²) in [4.78, 5) is 12.1. The zero-order valence-electron chi connectivity index (χ0n) is 10.0. The minimum atomic E-state index is 0.149. The Hall–Kier alpha value is -1.34. The molecule has 2 rings (SSSR count). The average molecular weight is 247 g/mol. The van der Waals surface area contributed by atoms with E-state index in [0.29, 0.717) is 17.0 Å². The summed E-state index contributed by atoms with van der Waals surface area (Å²) in [5.41, 5.74) is 3.26. The fourth-order valence-corrected chi connectivity index (χ4v) is 2.22. The van der Waals surface area contributed by atoms with Crippen LogP contribution in [-0.4, -0.2) is 5.78 Å². The second-order valence-corrected chi connectivity index (χ2v) is 4.91. The van der Waals surface area contributed by atoms with E-state index < -0.39 is 0 Å². The molecule has 1 aliphatic carbocycles. The van der Waals surface area contributed by atoms with Crippen LogP contribution >= 0.6 is 11.6 Å². The Labute approximate surface area is 107 Å². The standard InChI is InChI=1S/C15H15ClO/c1-10-6-7-12(11(10)2)9-15(17)13-4-3-5-14(16)8-13/h3-8,12H,9H2,1-2H3. The molecular weight excluding hydrogens is 232 g/mol. The van der Waals surface area contributed by atoms with Crippen molar-refractivity contribution in [2.24, 2.45) is 5.92 Å². The molecule has 1 aromatic rings. The lowest BCUT2D eigenvalue weighted by atomic mass is 9.94. The van der Waals surface area contributed by atoms with Gasteiger partial charge in [0, 0.05) is 22.9 Å². The molecule has 0 spiro atoms. The fourth-order valence-electron chi connectivity index (χ4n) is 2.03. The van der Waals surface area contributed by atoms with Crippen molar-refractivity contribution >= 4 is 17.4 Å². The summed E-state index contributed by atoms with van der Waals surface area (Å²) in [7, 11) is 0. The van der Waals surface area contributed by atoms with Gasteiger partial charge in [0.1, 0.15) is 0 Å². The molecule has 0 aliphatic heterocycles. The summed E-state index contributed by atoms with van der Waals surface area (Å²) < 4.78 is 0. The number of carbonyl (C=O) groups excluding carboxylic acids is 1. The van der Waals surface area contributed by atoms with Crippen LogP contribution in [0.3, 0.4) is 0 Å². The summed E-state index contributed by atoms with van der Waals surface area (Å²) in [5.74, 6) is 0.401. The molecule has 88 valence electrons. The van der Waals surface area contributed by atoms with Crippen molar-refractivity contribution in [3.8, 4) is 0 Å². The fraction of sp³-hybridized carbons (Fsp3) is 0.267. The van der Waals surface area contributed by atoms with Gasteiger partial charge in [-0.25, -0.2) is 0 Å². The van der Waals surface area contributed by atoms with Gasteiger partial charge < -0.3 is 0 Å². The van der Waals surface area contributed by atoms with Crippen molar-refractivity contribution in [3.05, 3.63) is 58.1 Å². The van der Waals surface area contributed by atoms with Crippen molar-refractivity contribution in [2.45, 2.75) is 20.3 Å². The minimum Gasteiger partial charge on any atom is -0.294 e. The maximum atomic E-state index is 12.1. The molecule has 1 aromatic carbocycles. The number of Topliss-reactive ketones (excluding diaryl/α,β-unsaturated/α-hetero) is 1. The van der Waals surface area contributed by atoms with Crippen molar-refractivity contribution in [2.75, 3.05) is 0 Å². The van der Waals surface area contributed by atoms with E-state index in [9.17, 15) is 4.79 Å². The molecule has 0 amide bonds. The van der Waals surface area contributed by atoms with Gasteiger partial charge in [0.25, 0.3) is 0 Å². The molecule has 1 aliphatic rings. The van der Waals surface area contributed by atoms with Gasteiger partial charge in [-0.05, 0) is 26.0 Å². The number of rotatable bonds is 3. The molecule has 0 saturated carbocycles. The molecule has 0 aromatic heterocycles. The van der Waals surface area contributed by atoms with Crippen LogP contribution in [0.15, 0.2) is 47.6 Å². The highest BCUT2D eigenvalue weighted by molar-refractivity contribution is 6.31. The third-order valence-electron chi connectivity index (χ3n) is 3.31. The second kappa shape index (κ2) is 4.89. The summed E-state index contributed by atoms with van der Waals surface area (Å²) in [6.45, 7) is 4.17. The summed E-state index contributed by atoms with van der Waals surface area (Å²) >= 11 is 5.88. The van der Waals surface area contributed by atoms with Gasteiger partial charge in [-0.1, -0.05) is 47.0 Å². The van der Waals surface area contributed by atoms with Gasteiger partial charge in [-0.3, -0.25) is 4.79 Å². The number of hydrogen-bond donors (Lipinski definition) is 0. The van der Waals surface area contributed by atoms with E-state index in [1.54, 1.807) is 12.1 Å². The second-order valence-electron chi connectivity index (χ2n) is 4.47. The molecule has 0 radical (unpaired) electrons. The zero-order chi connectivity index (χ0) is 12.4. The Morgan fingerprint density at radius 3 is 2.71 bits per heavy atom. The zero-order valence-corrected chi connectivity index (χ0v) is 10.8. The largest absolute Gasteiger partial charge is 0.294 e. The molecule has 0 N–H and O–H groups in total. The van der Waals surface area contributed by atoms with E-state index in [2.05, 4.69) is 26.0 Å². The maximum Gasteiger partial charge on any atom is 0.163 e. The van der Waals surface area contributed by atoms with Gasteiger partial charge in [-0.15, -0.1) is 0 Å². The molecule has 0 heterocycles. The average Bonchev–Trinajstić information content (AvgIpc) is 2.61. The van der Waals surface area contributed by atoms with Gasteiger partial charge in [-0.2, -0.15) is 0 Å². The summed E-state index contributed by atoms with van der Waals surface area (Å²) in [5, 5.41) is 0.612. The molecule has 1 nitrogen and oxygen atoms in total. The van der Waals surface area contributed by atoms with Crippen molar-refractivity contribution in [1.29, 1.82) is 0 Å². The first-order chi connectivity index (χ1) is 8.08. The van der Waals surface area contributed by atoms with Gasteiger partial charge >= 0.3 is 0 Å². The van der Waals surface area contributed by atoms with E-state index in [-0.39, 0.29) is 11.7 Å². The summed E-state index contributed by atoms with van der Waals surface area (Å²) in [6.07, 6.45) is 4.72. The molecule has 0 saturated heterocycles. The van der Waals surface area contributed by atoms with E-state index in [0.717, 1.165) is 0 Å². The van der Waals surface area contributed by atoms with Crippen LogP contribution < -0.4 is 0 Å². The maximum absolute atomic E-state index is 12.1. The highest BCUT2D eigenvalue weighted by Gasteiger charge is 2.18. The third-order valence-corrected chi connectivity index (χ3v) is 3.54. The third kappa shape index (κ3) is 2.67. The molecule has 0 fully saturated rings. The van der Waals surface area contributed by atoms with E-state index in [4.69, 9.17) is 11.6 Å². The molecular formula is C15H15ClO. The molecule has 17 heavy (non-hydrogen) atoms. The quantitative estimate of drug-likeness (QED) is 0.721. The highest BCUT2D eigenvalue weighted by atomic mass is 35.5. The van der Waals surface area contributed by atoms with Crippen LogP contribution in [0.2, 0.25) is 5.02 Å². The van der Waals surface area contributed by atoms with Gasteiger partial charge in [0.15, 0.2) is 5.78 Å². The minimum absolute atomic E-state index is 0.149. The highest BCUT2D eigenvalue weighted by Crippen LogP contribution is 2.28. The Bertz CT molecular complexity index is 511. The Morgan fingerprint density at radius 1 is 1.35 bits per heavy atom. The predicted molar refractivity (Wildman–Crippen MR) is 71.4 cm³/mol. The number of benzene rings is 1. The van der Waals surface area contributed by atoms with Gasteiger partial charge in [0.05, 0.1) is 0 Å². The lowest BCUT2D eigenvalue weighted by molar-refractivity contribution is 0.0974. The number of carbonyl (C=O) groups is 1. The van der Waals surface area contributed by atoms with Crippen molar-refractivity contribution in [1.82, 2.24) is 0 Å². The first kappa shape index (κ1) is 12.1. The lowest BCUT2D eigenvalue weighted by Crippen LogP contribution is -2.07. The van der Waals surface area contributed by atoms with Crippen LogP contribution in [0.5, 0.6) is 0 Å². The number of halogens is 1. The number of ketones is 1. The smallest absolute Gasteiger partial charge is 0.163 e. The molecule has 0 bridgehead atoms. The molecule has 2 heteroatoms. The Kier molecular flexibility index (Phi) is 3.49.